The highest BCUT2D eigenvalue weighted by Gasteiger charge is 2.20. The summed E-state index contributed by atoms with van der Waals surface area (Å²) in [5, 5.41) is 3.54. The van der Waals surface area contributed by atoms with E-state index in [1.807, 2.05) is 5.38 Å². The molecule has 90 valence electrons. The van der Waals surface area contributed by atoms with Gasteiger partial charge in [0.1, 0.15) is 10.6 Å². The Morgan fingerprint density at radius 1 is 1.47 bits per heavy atom. The van der Waals surface area contributed by atoms with Crippen molar-refractivity contribution in [2.75, 3.05) is 18.0 Å². The highest BCUT2D eigenvalue weighted by Crippen LogP contribution is 2.31. The van der Waals surface area contributed by atoms with Crippen molar-refractivity contribution in [1.82, 2.24) is 9.97 Å². The van der Waals surface area contributed by atoms with Crippen molar-refractivity contribution in [2.24, 2.45) is 5.92 Å². The fourth-order valence-electron chi connectivity index (χ4n) is 2.44. The molecule has 2 aromatic rings. The summed E-state index contributed by atoms with van der Waals surface area (Å²) in [7, 11) is 0. The lowest BCUT2D eigenvalue weighted by molar-refractivity contribution is 0.445. The predicted octanol–water partition coefficient (Wildman–Crippen LogP) is 3.58. The zero-order valence-corrected chi connectivity index (χ0v) is 11.3. The Hall–Kier alpha value is -0.870. The largest absolute Gasteiger partial charge is 0.356 e. The van der Waals surface area contributed by atoms with E-state index in [0.717, 1.165) is 35.0 Å². The first kappa shape index (κ1) is 11.2. The maximum Gasteiger partial charge on any atom is 0.225 e. The van der Waals surface area contributed by atoms with Crippen LogP contribution in [0.1, 0.15) is 19.8 Å². The fraction of sp³-hybridized carbons (Fsp3) is 0.500. The SMILES string of the molecule is CC1CCCN(c2nc(Cl)nc3sccc23)C1. The summed E-state index contributed by atoms with van der Waals surface area (Å²) in [5.74, 6) is 1.74. The lowest BCUT2D eigenvalue weighted by Gasteiger charge is -2.32. The van der Waals surface area contributed by atoms with E-state index in [2.05, 4.69) is 27.9 Å². The van der Waals surface area contributed by atoms with Crippen LogP contribution in [0.25, 0.3) is 10.2 Å². The molecule has 0 aromatic carbocycles. The van der Waals surface area contributed by atoms with Gasteiger partial charge in [0.05, 0.1) is 5.39 Å². The van der Waals surface area contributed by atoms with E-state index in [0.29, 0.717) is 5.28 Å². The van der Waals surface area contributed by atoms with E-state index < -0.39 is 0 Å². The Bertz CT molecular complexity index is 540. The van der Waals surface area contributed by atoms with Gasteiger partial charge >= 0.3 is 0 Å². The molecule has 3 rings (SSSR count). The van der Waals surface area contributed by atoms with E-state index >= 15 is 0 Å². The van der Waals surface area contributed by atoms with E-state index in [-0.39, 0.29) is 0 Å². The molecule has 0 saturated carbocycles. The van der Waals surface area contributed by atoms with Crippen LogP contribution in [0.4, 0.5) is 5.82 Å². The van der Waals surface area contributed by atoms with Crippen molar-refractivity contribution in [1.29, 1.82) is 0 Å². The molecular weight excluding hydrogens is 254 g/mol. The number of aromatic nitrogens is 2. The van der Waals surface area contributed by atoms with Gasteiger partial charge in [-0.3, -0.25) is 0 Å². The summed E-state index contributed by atoms with van der Waals surface area (Å²) in [4.78, 5) is 12.0. The molecule has 0 amide bonds. The maximum atomic E-state index is 5.99. The lowest BCUT2D eigenvalue weighted by Crippen LogP contribution is -2.35. The van der Waals surface area contributed by atoms with E-state index in [4.69, 9.17) is 11.6 Å². The van der Waals surface area contributed by atoms with Crippen LogP contribution in [0.3, 0.4) is 0 Å². The van der Waals surface area contributed by atoms with Gasteiger partial charge in [-0.1, -0.05) is 6.92 Å². The van der Waals surface area contributed by atoms with Crippen LogP contribution in [-0.2, 0) is 0 Å². The number of hydrogen-bond donors (Lipinski definition) is 0. The third-order valence-corrected chi connectivity index (χ3v) is 4.21. The van der Waals surface area contributed by atoms with Crippen molar-refractivity contribution < 1.29 is 0 Å². The summed E-state index contributed by atoms with van der Waals surface area (Å²) >= 11 is 7.61. The second-order valence-corrected chi connectivity index (χ2v) is 5.88. The third kappa shape index (κ3) is 2.11. The van der Waals surface area contributed by atoms with E-state index in [9.17, 15) is 0 Å². The summed E-state index contributed by atoms with van der Waals surface area (Å²) in [5.41, 5.74) is 0. The molecule has 1 unspecified atom stereocenters. The third-order valence-electron chi connectivity index (χ3n) is 3.23. The zero-order chi connectivity index (χ0) is 11.8. The molecule has 2 aromatic heterocycles. The maximum absolute atomic E-state index is 5.99. The molecule has 1 fully saturated rings. The molecule has 0 N–H and O–H groups in total. The first-order valence-corrected chi connectivity index (χ1v) is 7.15. The molecule has 3 nitrogen and oxygen atoms in total. The molecule has 0 bridgehead atoms. The highest BCUT2D eigenvalue weighted by molar-refractivity contribution is 7.16. The topological polar surface area (TPSA) is 29.0 Å². The Morgan fingerprint density at radius 2 is 2.35 bits per heavy atom. The van der Waals surface area contributed by atoms with Gasteiger partial charge in [0.25, 0.3) is 0 Å². The normalized spacial score (nSPS) is 21.1. The number of thiophene rings is 1. The van der Waals surface area contributed by atoms with Crippen molar-refractivity contribution in [2.45, 2.75) is 19.8 Å². The van der Waals surface area contributed by atoms with Gasteiger partial charge in [0, 0.05) is 13.1 Å². The van der Waals surface area contributed by atoms with Crippen LogP contribution in [0, 0.1) is 5.92 Å². The van der Waals surface area contributed by atoms with Gasteiger partial charge in [-0.15, -0.1) is 11.3 Å². The molecule has 1 saturated heterocycles. The number of halogens is 1. The number of piperidine rings is 1. The van der Waals surface area contributed by atoms with Crippen molar-refractivity contribution in [3.05, 3.63) is 16.7 Å². The summed E-state index contributed by atoms with van der Waals surface area (Å²) in [6.07, 6.45) is 2.54. The van der Waals surface area contributed by atoms with Crippen molar-refractivity contribution in [3.8, 4) is 0 Å². The van der Waals surface area contributed by atoms with Gasteiger partial charge in [-0.2, -0.15) is 4.98 Å². The molecule has 0 spiro atoms. The molecule has 0 aliphatic carbocycles. The summed E-state index contributed by atoms with van der Waals surface area (Å²) < 4.78 is 0. The van der Waals surface area contributed by atoms with Gasteiger partial charge in [0.15, 0.2) is 0 Å². The van der Waals surface area contributed by atoms with Crippen LogP contribution in [0.2, 0.25) is 5.28 Å². The van der Waals surface area contributed by atoms with Crippen LogP contribution >= 0.6 is 22.9 Å². The van der Waals surface area contributed by atoms with Crippen molar-refractivity contribution in [3.63, 3.8) is 0 Å². The van der Waals surface area contributed by atoms with Gasteiger partial charge < -0.3 is 4.90 Å². The summed E-state index contributed by atoms with van der Waals surface area (Å²) in [6, 6.07) is 2.09. The first-order valence-electron chi connectivity index (χ1n) is 5.90. The van der Waals surface area contributed by atoms with E-state index in [1.165, 1.54) is 12.8 Å². The zero-order valence-electron chi connectivity index (χ0n) is 9.69. The molecule has 3 heterocycles. The molecule has 17 heavy (non-hydrogen) atoms. The number of fused-ring (bicyclic) bond motifs is 1. The minimum atomic E-state index is 0.355. The standard InChI is InChI=1S/C12H14ClN3S/c1-8-3-2-5-16(7-8)10-9-4-6-17-11(9)15-12(13)14-10/h4,6,8H,2-3,5,7H2,1H3. The average molecular weight is 268 g/mol. The fourth-order valence-corrected chi connectivity index (χ4v) is 3.41. The van der Waals surface area contributed by atoms with Crippen LogP contribution < -0.4 is 4.90 Å². The predicted molar refractivity (Wildman–Crippen MR) is 73.0 cm³/mol. The number of rotatable bonds is 1. The van der Waals surface area contributed by atoms with Gasteiger partial charge in [0.2, 0.25) is 5.28 Å². The Balaban J connectivity index is 2.06. The van der Waals surface area contributed by atoms with Crippen LogP contribution in [-0.4, -0.2) is 23.1 Å². The minimum Gasteiger partial charge on any atom is -0.356 e. The molecular formula is C12H14ClN3S. The first-order chi connectivity index (χ1) is 8.24. The average Bonchev–Trinajstić information content (AvgIpc) is 2.75. The molecule has 5 heteroatoms. The van der Waals surface area contributed by atoms with Gasteiger partial charge in [-0.05, 0) is 41.8 Å². The van der Waals surface area contributed by atoms with Crippen LogP contribution in [0.5, 0.6) is 0 Å². The monoisotopic (exact) mass is 267 g/mol. The molecule has 1 atom stereocenters. The molecule has 1 aliphatic heterocycles. The smallest absolute Gasteiger partial charge is 0.225 e. The van der Waals surface area contributed by atoms with Crippen molar-refractivity contribution >= 4 is 39.0 Å². The lowest BCUT2D eigenvalue weighted by atomic mass is 10.0. The number of hydrogen-bond acceptors (Lipinski definition) is 4. The Labute approximate surface area is 109 Å². The summed E-state index contributed by atoms with van der Waals surface area (Å²) in [6.45, 7) is 4.43. The highest BCUT2D eigenvalue weighted by atomic mass is 35.5. The van der Waals surface area contributed by atoms with Gasteiger partial charge in [-0.25, -0.2) is 4.98 Å². The minimum absolute atomic E-state index is 0.355. The molecule has 1 aliphatic rings. The Morgan fingerprint density at radius 3 is 3.18 bits per heavy atom. The second-order valence-electron chi connectivity index (χ2n) is 4.65. The van der Waals surface area contributed by atoms with Crippen LogP contribution in [0.15, 0.2) is 11.4 Å². The van der Waals surface area contributed by atoms with E-state index in [1.54, 1.807) is 11.3 Å². The quantitative estimate of drug-likeness (QED) is 0.740. The number of anilines is 1. The molecule has 0 radical (unpaired) electrons. The Kier molecular flexibility index (Phi) is 2.92. The second kappa shape index (κ2) is 4.42. The number of nitrogens with zero attached hydrogens (tertiary/aromatic N) is 3.